The molecule has 0 radical (unpaired) electrons. The van der Waals surface area contributed by atoms with E-state index in [0.29, 0.717) is 0 Å². The summed E-state index contributed by atoms with van der Waals surface area (Å²) in [6.45, 7) is 0.202. The van der Waals surface area contributed by atoms with Crippen molar-refractivity contribution in [3.63, 3.8) is 0 Å². The zero-order chi connectivity index (χ0) is 20.4. The van der Waals surface area contributed by atoms with Crippen molar-refractivity contribution in [1.29, 1.82) is 0 Å². The number of H-pyrrole nitrogens is 1. The summed E-state index contributed by atoms with van der Waals surface area (Å²) in [6.07, 6.45) is 1.97. The van der Waals surface area contributed by atoms with Crippen molar-refractivity contribution in [2.75, 3.05) is 0 Å². The second kappa shape index (κ2) is 7.92. The fraction of sp³-hybridized carbons (Fsp3) is 0.190. The van der Waals surface area contributed by atoms with Crippen LogP contribution in [0.15, 0.2) is 59.5 Å². The van der Waals surface area contributed by atoms with Crippen LogP contribution < -0.4 is 10.2 Å². The summed E-state index contributed by atoms with van der Waals surface area (Å²) < 4.78 is 2.41. The molecule has 1 atom stereocenters. The van der Waals surface area contributed by atoms with E-state index in [9.17, 15) is 19.5 Å². The molecule has 4 rings (SSSR count). The third-order valence-electron chi connectivity index (χ3n) is 4.87. The number of aromatic nitrogens is 2. The molecule has 3 N–H and O–H groups in total. The molecule has 0 unspecified atom stereocenters. The number of fused-ring (bicyclic) bond motifs is 2. The lowest BCUT2D eigenvalue weighted by Gasteiger charge is -2.14. The van der Waals surface area contributed by atoms with Crippen LogP contribution in [-0.4, -0.2) is 32.6 Å². The van der Waals surface area contributed by atoms with Gasteiger partial charge in [0.1, 0.15) is 6.04 Å². The molecule has 2 aromatic carbocycles. The number of carbonyl (C=O) groups is 2. The van der Waals surface area contributed by atoms with Crippen LogP contribution in [0.1, 0.15) is 12.0 Å². The van der Waals surface area contributed by atoms with Gasteiger partial charge in [0.2, 0.25) is 5.91 Å². The van der Waals surface area contributed by atoms with Gasteiger partial charge in [-0.25, -0.2) is 4.79 Å². The quantitative estimate of drug-likeness (QED) is 0.437. The van der Waals surface area contributed by atoms with Gasteiger partial charge in [-0.05, 0) is 23.8 Å². The fourth-order valence-electron chi connectivity index (χ4n) is 3.43. The van der Waals surface area contributed by atoms with Crippen molar-refractivity contribution in [1.82, 2.24) is 14.9 Å². The molecule has 0 saturated heterocycles. The third kappa shape index (κ3) is 3.93. The first-order valence-electron chi connectivity index (χ1n) is 9.18. The highest BCUT2D eigenvalue weighted by atomic mass is 32.1. The van der Waals surface area contributed by atoms with Crippen LogP contribution in [0.5, 0.6) is 0 Å². The minimum absolute atomic E-state index is 0.0261. The van der Waals surface area contributed by atoms with E-state index in [1.807, 2.05) is 48.5 Å². The molecule has 2 aromatic heterocycles. The smallest absolute Gasteiger partial charge is 0.326 e. The molecule has 0 saturated carbocycles. The molecule has 2 heterocycles. The Morgan fingerprint density at radius 1 is 1.14 bits per heavy atom. The molecule has 0 spiro atoms. The summed E-state index contributed by atoms with van der Waals surface area (Å²) in [5.41, 5.74) is 2.53. The van der Waals surface area contributed by atoms with Gasteiger partial charge >= 0.3 is 10.8 Å². The molecular formula is C21H19N3O4S. The summed E-state index contributed by atoms with van der Waals surface area (Å²) in [5.74, 6) is -1.50. The van der Waals surface area contributed by atoms with Crippen LogP contribution >= 0.6 is 11.3 Å². The number of nitrogens with one attached hydrogen (secondary N) is 2. The van der Waals surface area contributed by atoms with E-state index in [0.717, 1.165) is 38.0 Å². The fourth-order valence-corrected chi connectivity index (χ4v) is 4.34. The van der Waals surface area contributed by atoms with Crippen molar-refractivity contribution in [3.05, 3.63) is 70.0 Å². The summed E-state index contributed by atoms with van der Waals surface area (Å²) >= 11 is 1.13. The SMILES string of the molecule is O=C(CCn1c(=O)sc2ccccc21)N[C@H](Cc1c[nH]c2ccccc12)C(=O)O. The average molecular weight is 409 g/mol. The number of hydrogen-bond donors (Lipinski definition) is 3. The maximum Gasteiger partial charge on any atom is 0.326 e. The van der Waals surface area contributed by atoms with Gasteiger partial charge in [-0.1, -0.05) is 41.7 Å². The molecule has 1 amide bonds. The second-order valence-electron chi connectivity index (χ2n) is 6.76. The Balaban J connectivity index is 1.44. The van der Waals surface area contributed by atoms with E-state index < -0.39 is 17.9 Å². The number of carboxylic acids is 1. The van der Waals surface area contributed by atoms with Gasteiger partial charge in [-0.3, -0.25) is 14.2 Å². The predicted octanol–water partition coefficient (Wildman–Crippen LogP) is 2.75. The van der Waals surface area contributed by atoms with Gasteiger partial charge in [0, 0.05) is 36.5 Å². The highest BCUT2D eigenvalue weighted by Crippen LogP contribution is 2.19. The monoisotopic (exact) mass is 409 g/mol. The number of nitrogens with zero attached hydrogens (tertiary/aromatic N) is 1. The van der Waals surface area contributed by atoms with E-state index in [4.69, 9.17) is 0 Å². The number of carbonyl (C=O) groups excluding carboxylic acids is 1. The molecule has 4 aromatic rings. The molecule has 0 aliphatic heterocycles. The van der Waals surface area contributed by atoms with Gasteiger partial charge in [-0.2, -0.15) is 0 Å². The molecule has 148 valence electrons. The van der Waals surface area contributed by atoms with Crippen molar-refractivity contribution < 1.29 is 14.7 Å². The highest BCUT2D eigenvalue weighted by molar-refractivity contribution is 7.16. The van der Waals surface area contributed by atoms with Crippen LogP contribution in [0.3, 0.4) is 0 Å². The lowest BCUT2D eigenvalue weighted by molar-refractivity contribution is -0.141. The van der Waals surface area contributed by atoms with Crippen molar-refractivity contribution >= 4 is 44.3 Å². The molecule has 0 bridgehead atoms. The standard InChI is InChI=1S/C21H19N3O4S/c25-19(9-10-24-17-7-3-4-8-18(17)29-21(24)28)23-16(20(26)27)11-13-12-22-15-6-2-1-5-14(13)15/h1-8,12,16,22H,9-11H2,(H,23,25)(H,26,27)/t16-/m1/s1. The summed E-state index contributed by atoms with van der Waals surface area (Å²) in [6, 6.07) is 14.0. The van der Waals surface area contributed by atoms with Gasteiger partial charge in [0.25, 0.3) is 0 Å². The van der Waals surface area contributed by atoms with Gasteiger partial charge < -0.3 is 15.4 Å². The van der Waals surface area contributed by atoms with Crippen LogP contribution in [0.4, 0.5) is 0 Å². The number of para-hydroxylation sites is 2. The number of aliphatic carboxylic acids is 1. The van der Waals surface area contributed by atoms with Gasteiger partial charge in [0.05, 0.1) is 10.2 Å². The molecule has 0 aliphatic rings. The zero-order valence-electron chi connectivity index (χ0n) is 15.4. The lowest BCUT2D eigenvalue weighted by atomic mass is 10.0. The predicted molar refractivity (Wildman–Crippen MR) is 112 cm³/mol. The largest absolute Gasteiger partial charge is 0.480 e. The number of benzene rings is 2. The normalized spacial score (nSPS) is 12.3. The van der Waals surface area contributed by atoms with E-state index in [-0.39, 0.29) is 24.3 Å². The minimum atomic E-state index is -1.10. The van der Waals surface area contributed by atoms with E-state index in [1.54, 1.807) is 10.8 Å². The summed E-state index contributed by atoms with van der Waals surface area (Å²) in [7, 11) is 0. The van der Waals surface area contributed by atoms with E-state index in [2.05, 4.69) is 10.3 Å². The first kappa shape index (κ1) is 18.9. The van der Waals surface area contributed by atoms with E-state index >= 15 is 0 Å². The number of hydrogen-bond acceptors (Lipinski definition) is 4. The van der Waals surface area contributed by atoms with Crippen molar-refractivity contribution in [2.24, 2.45) is 0 Å². The van der Waals surface area contributed by atoms with E-state index in [1.165, 1.54) is 0 Å². The molecule has 8 heteroatoms. The Hall–Kier alpha value is -3.39. The van der Waals surface area contributed by atoms with Gasteiger partial charge in [0.15, 0.2) is 0 Å². The third-order valence-corrected chi connectivity index (χ3v) is 5.83. The molecule has 29 heavy (non-hydrogen) atoms. The summed E-state index contributed by atoms with van der Waals surface area (Å²) in [5, 5.41) is 13.1. The Morgan fingerprint density at radius 3 is 2.72 bits per heavy atom. The van der Waals surface area contributed by atoms with Crippen LogP contribution in [0.25, 0.3) is 21.1 Å². The summed E-state index contributed by atoms with van der Waals surface area (Å²) in [4.78, 5) is 39.2. The Kier molecular flexibility index (Phi) is 5.18. The highest BCUT2D eigenvalue weighted by Gasteiger charge is 2.22. The number of aromatic amines is 1. The van der Waals surface area contributed by atoms with Gasteiger partial charge in [-0.15, -0.1) is 0 Å². The second-order valence-corrected chi connectivity index (χ2v) is 7.75. The topological polar surface area (TPSA) is 104 Å². The maximum absolute atomic E-state index is 12.4. The molecule has 7 nitrogen and oxygen atoms in total. The van der Waals surface area contributed by atoms with Crippen LogP contribution in [-0.2, 0) is 22.6 Å². The number of carboxylic acid groups (broad SMARTS) is 1. The first-order valence-corrected chi connectivity index (χ1v) is 10.00. The van der Waals surface area contributed by atoms with Crippen molar-refractivity contribution in [3.8, 4) is 0 Å². The number of rotatable bonds is 7. The molecule has 0 fully saturated rings. The van der Waals surface area contributed by atoms with Crippen LogP contribution in [0.2, 0.25) is 0 Å². The van der Waals surface area contributed by atoms with Crippen LogP contribution in [0, 0.1) is 0 Å². The van der Waals surface area contributed by atoms with Crippen molar-refractivity contribution in [2.45, 2.75) is 25.4 Å². The average Bonchev–Trinajstić information content (AvgIpc) is 3.26. The molecule has 0 aliphatic carbocycles. The number of amides is 1. The Bertz CT molecular complexity index is 1250. The Morgan fingerprint density at radius 2 is 1.90 bits per heavy atom. The minimum Gasteiger partial charge on any atom is -0.480 e. The Labute approximate surface area is 169 Å². The first-order chi connectivity index (χ1) is 14.0. The maximum atomic E-state index is 12.4. The zero-order valence-corrected chi connectivity index (χ0v) is 16.2. The number of aryl methyl sites for hydroxylation is 1. The lowest BCUT2D eigenvalue weighted by Crippen LogP contribution is -2.42. The number of thiazole rings is 1. The molecular weight excluding hydrogens is 390 g/mol.